The number of ether oxygens (including phenoxy) is 2. The molecule has 1 amide bonds. The van der Waals surface area contributed by atoms with Gasteiger partial charge in [0.25, 0.3) is 5.91 Å². The lowest BCUT2D eigenvalue weighted by molar-refractivity contribution is -0.118. The summed E-state index contributed by atoms with van der Waals surface area (Å²) in [5, 5.41) is 19.7. The van der Waals surface area contributed by atoms with Gasteiger partial charge in [-0.1, -0.05) is 30.3 Å². The van der Waals surface area contributed by atoms with Crippen molar-refractivity contribution in [2.75, 3.05) is 19.0 Å². The SMILES string of the molecule is COc1cc(C=Nn2c(-c3ccc4c(c3)NC(=O)CO4)csc2=NCc2ccccc2)cc(Br)c1O. The van der Waals surface area contributed by atoms with E-state index >= 15 is 0 Å². The van der Waals surface area contributed by atoms with Crippen molar-refractivity contribution in [2.24, 2.45) is 10.1 Å². The van der Waals surface area contributed by atoms with Crippen LogP contribution in [0.5, 0.6) is 17.2 Å². The van der Waals surface area contributed by atoms with Gasteiger partial charge in [0.1, 0.15) is 5.75 Å². The number of carbonyl (C=O) groups is 1. The Morgan fingerprint density at radius 2 is 2.06 bits per heavy atom. The Morgan fingerprint density at radius 3 is 2.86 bits per heavy atom. The highest BCUT2D eigenvalue weighted by Crippen LogP contribution is 2.35. The summed E-state index contributed by atoms with van der Waals surface area (Å²) in [5.74, 6) is 0.788. The van der Waals surface area contributed by atoms with E-state index in [9.17, 15) is 9.90 Å². The molecule has 10 heteroatoms. The van der Waals surface area contributed by atoms with Crippen LogP contribution in [0, 0.1) is 0 Å². The zero-order valence-electron chi connectivity index (χ0n) is 19.1. The van der Waals surface area contributed by atoms with Gasteiger partial charge in [0.15, 0.2) is 18.1 Å². The number of carbonyl (C=O) groups excluding carboxylic acids is 1. The largest absolute Gasteiger partial charge is 0.503 e. The number of aromatic nitrogens is 1. The van der Waals surface area contributed by atoms with Crippen molar-refractivity contribution in [3.05, 3.63) is 86.4 Å². The molecule has 1 aliphatic rings. The predicted octanol–water partition coefficient (Wildman–Crippen LogP) is 5.01. The summed E-state index contributed by atoms with van der Waals surface area (Å²) in [6.45, 7) is 0.506. The van der Waals surface area contributed by atoms with Gasteiger partial charge >= 0.3 is 0 Å². The Labute approximate surface area is 219 Å². The number of nitrogens with one attached hydrogen (secondary N) is 1. The molecule has 0 unspecified atom stereocenters. The molecular formula is C26H21BrN4O4S. The van der Waals surface area contributed by atoms with E-state index in [4.69, 9.17) is 19.6 Å². The zero-order chi connectivity index (χ0) is 25.1. The topological polar surface area (TPSA) is 97.4 Å². The van der Waals surface area contributed by atoms with Gasteiger partial charge < -0.3 is 19.9 Å². The molecule has 1 aliphatic heterocycles. The third-order valence-electron chi connectivity index (χ3n) is 5.43. The molecule has 8 nitrogen and oxygen atoms in total. The molecule has 2 heterocycles. The maximum Gasteiger partial charge on any atom is 0.262 e. The summed E-state index contributed by atoms with van der Waals surface area (Å²) in [6, 6.07) is 19.1. The molecule has 0 bridgehead atoms. The molecule has 36 heavy (non-hydrogen) atoms. The van der Waals surface area contributed by atoms with E-state index in [1.165, 1.54) is 18.4 Å². The molecule has 3 aromatic carbocycles. The van der Waals surface area contributed by atoms with Crippen molar-refractivity contribution in [1.29, 1.82) is 0 Å². The number of anilines is 1. The van der Waals surface area contributed by atoms with E-state index in [0.717, 1.165) is 22.4 Å². The zero-order valence-corrected chi connectivity index (χ0v) is 21.5. The monoisotopic (exact) mass is 564 g/mol. The van der Waals surface area contributed by atoms with E-state index < -0.39 is 0 Å². The number of benzene rings is 3. The number of methoxy groups -OCH3 is 1. The summed E-state index contributed by atoms with van der Waals surface area (Å²) in [4.78, 5) is 17.3. The maximum absolute atomic E-state index is 11.8. The van der Waals surface area contributed by atoms with Crippen molar-refractivity contribution >= 4 is 45.1 Å². The van der Waals surface area contributed by atoms with Crippen LogP contribution in [0.15, 0.2) is 80.6 Å². The van der Waals surface area contributed by atoms with Crippen LogP contribution in [-0.4, -0.2) is 35.6 Å². The van der Waals surface area contributed by atoms with Gasteiger partial charge in [-0.05, 0) is 57.4 Å². The average Bonchev–Trinajstić information content (AvgIpc) is 3.30. The first-order valence-electron chi connectivity index (χ1n) is 10.9. The standard InChI is InChI=1S/C26H21BrN4O4S/c1-34-23-10-17(9-19(27)25(23)33)13-29-31-21(15-36-26(31)28-12-16-5-3-2-4-6-16)18-7-8-22-20(11-18)30-24(32)14-35-22/h2-11,13,15,33H,12,14H2,1H3,(H,30,32). The van der Waals surface area contributed by atoms with Crippen LogP contribution in [0.25, 0.3) is 11.3 Å². The fourth-order valence-corrected chi connectivity index (χ4v) is 4.95. The first-order valence-corrected chi connectivity index (χ1v) is 12.6. The lowest BCUT2D eigenvalue weighted by atomic mass is 10.1. The minimum Gasteiger partial charge on any atom is -0.503 e. The number of aromatic hydroxyl groups is 1. The van der Waals surface area contributed by atoms with Crippen LogP contribution >= 0.6 is 27.3 Å². The molecule has 0 fully saturated rings. The minimum absolute atomic E-state index is 0.00323. The Kier molecular flexibility index (Phi) is 6.88. The molecule has 0 radical (unpaired) electrons. The Hall–Kier alpha value is -3.89. The molecular weight excluding hydrogens is 544 g/mol. The summed E-state index contributed by atoms with van der Waals surface area (Å²) in [5.41, 5.74) is 4.07. The highest BCUT2D eigenvalue weighted by Gasteiger charge is 2.18. The summed E-state index contributed by atoms with van der Waals surface area (Å²) in [6.07, 6.45) is 1.67. The highest BCUT2D eigenvalue weighted by molar-refractivity contribution is 9.10. The highest BCUT2D eigenvalue weighted by atomic mass is 79.9. The molecule has 1 aromatic heterocycles. The van der Waals surface area contributed by atoms with Crippen molar-refractivity contribution < 1.29 is 19.4 Å². The van der Waals surface area contributed by atoms with Crippen molar-refractivity contribution in [2.45, 2.75) is 6.54 Å². The second kappa shape index (κ2) is 10.4. The normalized spacial score (nSPS) is 13.4. The third-order valence-corrected chi connectivity index (χ3v) is 6.88. The van der Waals surface area contributed by atoms with E-state index in [0.29, 0.717) is 33.0 Å². The van der Waals surface area contributed by atoms with Gasteiger partial charge in [0, 0.05) is 10.9 Å². The van der Waals surface area contributed by atoms with E-state index in [1.807, 2.05) is 53.9 Å². The molecule has 4 aromatic rings. The second-order valence-electron chi connectivity index (χ2n) is 7.86. The molecule has 182 valence electrons. The second-order valence-corrected chi connectivity index (χ2v) is 9.55. The van der Waals surface area contributed by atoms with E-state index in [-0.39, 0.29) is 18.3 Å². The number of halogens is 1. The molecule has 0 spiro atoms. The first kappa shape index (κ1) is 23.8. The van der Waals surface area contributed by atoms with E-state index in [2.05, 4.69) is 21.2 Å². The van der Waals surface area contributed by atoms with Gasteiger partial charge in [0.2, 0.25) is 4.80 Å². The molecule has 0 aliphatic carbocycles. The molecule has 0 saturated heterocycles. The number of fused-ring (bicyclic) bond motifs is 1. The number of thiazole rings is 1. The van der Waals surface area contributed by atoms with Crippen LogP contribution in [0.2, 0.25) is 0 Å². The van der Waals surface area contributed by atoms with Crippen LogP contribution < -0.4 is 19.6 Å². The van der Waals surface area contributed by atoms with Gasteiger partial charge in [-0.15, -0.1) is 11.3 Å². The number of rotatable bonds is 6. The maximum atomic E-state index is 11.8. The summed E-state index contributed by atoms with van der Waals surface area (Å²) < 4.78 is 13.0. The van der Waals surface area contributed by atoms with Crippen molar-refractivity contribution in [1.82, 2.24) is 4.68 Å². The van der Waals surface area contributed by atoms with Crippen LogP contribution in [0.4, 0.5) is 5.69 Å². The number of hydrogen-bond acceptors (Lipinski definition) is 7. The summed E-state index contributed by atoms with van der Waals surface area (Å²) >= 11 is 4.82. The number of hydrogen-bond donors (Lipinski definition) is 2. The van der Waals surface area contributed by atoms with Crippen molar-refractivity contribution in [3.8, 4) is 28.5 Å². The average molecular weight is 565 g/mol. The molecule has 0 saturated carbocycles. The Morgan fingerprint density at radius 1 is 1.22 bits per heavy atom. The fraction of sp³-hybridized carbons (Fsp3) is 0.115. The third kappa shape index (κ3) is 5.05. The van der Waals surface area contributed by atoms with Gasteiger partial charge in [-0.2, -0.15) is 5.10 Å². The molecule has 5 rings (SSSR count). The lowest BCUT2D eigenvalue weighted by Crippen LogP contribution is -2.25. The minimum atomic E-state index is -0.193. The predicted molar refractivity (Wildman–Crippen MR) is 143 cm³/mol. The summed E-state index contributed by atoms with van der Waals surface area (Å²) in [7, 11) is 1.49. The smallest absolute Gasteiger partial charge is 0.262 e. The van der Waals surface area contributed by atoms with Crippen LogP contribution in [0.1, 0.15) is 11.1 Å². The van der Waals surface area contributed by atoms with Crippen LogP contribution in [-0.2, 0) is 11.3 Å². The van der Waals surface area contributed by atoms with Crippen LogP contribution in [0.3, 0.4) is 0 Å². The fourth-order valence-electron chi connectivity index (χ4n) is 3.65. The lowest BCUT2D eigenvalue weighted by Gasteiger charge is -2.18. The molecule has 0 atom stereocenters. The molecule has 2 N–H and O–H groups in total. The van der Waals surface area contributed by atoms with Crippen molar-refractivity contribution in [3.63, 3.8) is 0 Å². The van der Waals surface area contributed by atoms with Gasteiger partial charge in [0.05, 0.1) is 35.7 Å². The number of phenolic OH excluding ortho intramolecular Hbond substituents is 1. The number of nitrogens with zero attached hydrogens (tertiary/aromatic N) is 3. The van der Waals surface area contributed by atoms with Gasteiger partial charge in [-0.3, -0.25) is 9.79 Å². The van der Waals surface area contributed by atoms with Gasteiger partial charge in [-0.25, -0.2) is 4.68 Å². The quantitative estimate of drug-likeness (QED) is 0.322. The number of amides is 1. The number of phenols is 1. The Balaban J connectivity index is 1.58. The van der Waals surface area contributed by atoms with E-state index in [1.54, 1.807) is 23.0 Å². The Bertz CT molecular complexity index is 1530. The first-order chi connectivity index (χ1) is 17.5.